The third-order valence-electron chi connectivity index (χ3n) is 3.54. The molecule has 0 radical (unpaired) electrons. The van der Waals surface area contributed by atoms with Crippen LogP contribution >= 0.6 is 11.6 Å². The first-order valence-electron chi connectivity index (χ1n) is 8.41. The molecule has 156 valence electrons. The van der Waals surface area contributed by atoms with E-state index in [4.69, 9.17) is 21.1 Å². The Balaban J connectivity index is 2.28. The van der Waals surface area contributed by atoms with Crippen LogP contribution in [0.1, 0.15) is 25.0 Å². The molecule has 0 aliphatic rings. The van der Waals surface area contributed by atoms with Crippen LogP contribution in [-0.4, -0.2) is 24.4 Å². The number of hydrogen-bond acceptors (Lipinski definition) is 6. The number of benzene rings is 2. The predicted molar refractivity (Wildman–Crippen MR) is 103 cm³/mol. The smallest absolute Gasteiger partial charge is 0.416 e. The van der Waals surface area contributed by atoms with Gasteiger partial charge in [-0.2, -0.15) is 18.3 Å². The molecule has 0 fully saturated rings. The third-order valence-corrected chi connectivity index (χ3v) is 3.82. The number of anilines is 1. The highest BCUT2D eigenvalue weighted by atomic mass is 35.5. The first kappa shape index (κ1) is 22.3. The highest BCUT2D eigenvalue weighted by molar-refractivity contribution is 6.32. The Morgan fingerprint density at radius 2 is 1.90 bits per heavy atom. The number of hydrogen-bond donors (Lipinski definition) is 1. The van der Waals surface area contributed by atoms with Crippen LogP contribution in [-0.2, 0) is 6.18 Å². The molecule has 0 aromatic heterocycles. The zero-order valence-electron chi connectivity index (χ0n) is 15.4. The van der Waals surface area contributed by atoms with E-state index in [1.54, 1.807) is 26.0 Å². The van der Waals surface area contributed by atoms with Gasteiger partial charge in [0.2, 0.25) is 0 Å². The van der Waals surface area contributed by atoms with Gasteiger partial charge in [-0.3, -0.25) is 15.5 Å². The standard InChI is InChI=1S/C18H17ClF3N3O4/c1-3-28-16-8-11(7-13(19)17(16)29-4-2)10-23-24-14-6-5-12(18(20,21)22)9-15(14)25(26)27/h5-10,24H,3-4H2,1-2H3/b23-10-. The number of alkyl halides is 3. The van der Waals surface area contributed by atoms with Crippen molar-refractivity contribution in [2.75, 3.05) is 18.6 Å². The molecule has 7 nitrogen and oxygen atoms in total. The van der Waals surface area contributed by atoms with Gasteiger partial charge >= 0.3 is 6.18 Å². The number of halogens is 4. The SMILES string of the molecule is CCOc1cc(/C=N\Nc2ccc(C(F)(F)F)cc2[N+](=O)[O-])cc(Cl)c1OCC. The molecule has 2 aromatic carbocycles. The predicted octanol–water partition coefficient (Wildman–Crippen LogP) is 5.51. The van der Waals surface area contributed by atoms with Gasteiger partial charge in [0.15, 0.2) is 11.5 Å². The van der Waals surface area contributed by atoms with Crippen molar-refractivity contribution in [3.05, 3.63) is 56.6 Å². The van der Waals surface area contributed by atoms with E-state index in [0.717, 1.165) is 12.1 Å². The quantitative estimate of drug-likeness (QED) is 0.338. The zero-order chi connectivity index (χ0) is 21.6. The summed E-state index contributed by atoms with van der Waals surface area (Å²) in [6.07, 6.45) is -3.40. The average molecular weight is 432 g/mol. The van der Waals surface area contributed by atoms with Crippen LogP contribution < -0.4 is 14.9 Å². The second-order valence-electron chi connectivity index (χ2n) is 5.55. The number of nitrogens with one attached hydrogen (secondary N) is 1. The minimum absolute atomic E-state index is 0.193. The Bertz CT molecular complexity index is 920. The van der Waals surface area contributed by atoms with E-state index in [2.05, 4.69) is 10.5 Å². The fraction of sp³-hybridized carbons (Fsp3) is 0.278. The number of nitro benzene ring substituents is 1. The lowest BCUT2D eigenvalue weighted by Gasteiger charge is -2.13. The first-order chi connectivity index (χ1) is 13.7. The van der Waals surface area contributed by atoms with Crippen LogP contribution in [0.3, 0.4) is 0 Å². The lowest BCUT2D eigenvalue weighted by Crippen LogP contribution is -2.06. The van der Waals surface area contributed by atoms with Gasteiger partial charge in [-0.25, -0.2) is 0 Å². The molecule has 2 rings (SSSR count). The monoisotopic (exact) mass is 431 g/mol. The van der Waals surface area contributed by atoms with Crippen LogP contribution in [0.25, 0.3) is 0 Å². The van der Waals surface area contributed by atoms with Gasteiger partial charge in [0.1, 0.15) is 5.69 Å². The van der Waals surface area contributed by atoms with Gasteiger partial charge in [0, 0.05) is 6.07 Å². The summed E-state index contributed by atoms with van der Waals surface area (Å²) in [6.45, 7) is 4.33. The molecule has 0 heterocycles. The number of nitrogens with zero attached hydrogens (tertiary/aromatic N) is 2. The van der Waals surface area contributed by atoms with Gasteiger partial charge in [0.05, 0.1) is 34.9 Å². The normalized spacial score (nSPS) is 11.5. The van der Waals surface area contributed by atoms with Gasteiger partial charge < -0.3 is 9.47 Å². The highest BCUT2D eigenvalue weighted by Crippen LogP contribution is 2.37. The lowest BCUT2D eigenvalue weighted by atomic mass is 10.1. The van der Waals surface area contributed by atoms with E-state index in [-0.39, 0.29) is 10.7 Å². The number of hydrazone groups is 1. The van der Waals surface area contributed by atoms with Crippen molar-refractivity contribution in [2.45, 2.75) is 20.0 Å². The van der Waals surface area contributed by atoms with E-state index >= 15 is 0 Å². The molecular formula is C18H17ClF3N3O4. The van der Waals surface area contributed by atoms with E-state index in [1.807, 2.05) is 0 Å². The van der Waals surface area contributed by atoms with Crippen molar-refractivity contribution < 1.29 is 27.6 Å². The molecule has 0 atom stereocenters. The first-order valence-corrected chi connectivity index (χ1v) is 8.79. The maximum absolute atomic E-state index is 12.8. The topological polar surface area (TPSA) is 86.0 Å². The summed E-state index contributed by atoms with van der Waals surface area (Å²) < 4.78 is 49.2. The molecular weight excluding hydrogens is 415 g/mol. The Labute approximate surface area is 169 Å². The Hall–Kier alpha value is -3.01. The lowest BCUT2D eigenvalue weighted by molar-refractivity contribution is -0.384. The summed E-state index contributed by atoms with van der Waals surface area (Å²) in [4.78, 5) is 10.2. The van der Waals surface area contributed by atoms with E-state index in [1.165, 1.54) is 6.21 Å². The summed E-state index contributed by atoms with van der Waals surface area (Å²) in [5, 5.41) is 15.2. The minimum Gasteiger partial charge on any atom is -0.490 e. The summed E-state index contributed by atoms with van der Waals surface area (Å²) in [5.41, 5.74) is 0.795. The van der Waals surface area contributed by atoms with Crippen LogP contribution in [0.4, 0.5) is 24.5 Å². The second-order valence-corrected chi connectivity index (χ2v) is 5.96. The average Bonchev–Trinajstić information content (AvgIpc) is 2.64. The van der Waals surface area contributed by atoms with Gasteiger partial charge in [-0.15, -0.1) is 0 Å². The third kappa shape index (κ3) is 5.74. The zero-order valence-corrected chi connectivity index (χ0v) is 16.2. The molecule has 0 saturated carbocycles. The summed E-state index contributed by atoms with van der Waals surface area (Å²) in [6, 6.07) is 5.26. The van der Waals surface area contributed by atoms with Crippen molar-refractivity contribution in [1.29, 1.82) is 0 Å². The molecule has 0 unspecified atom stereocenters. The highest BCUT2D eigenvalue weighted by Gasteiger charge is 2.33. The second kappa shape index (κ2) is 9.46. The largest absolute Gasteiger partial charge is 0.490 e. The van der Waals surface area contributed by atoms with Crippen molar-refractivity contribution in [1.82, 2.24) is 0 Å². The molecule has 0 spiro atoms. The Morgan fingerprint density at radius 3 is 2.48 bits per heavy atom. The molecule has 1 N–H and O–H groups in total. The van der Waals surface area contributed by atoms with E-state index in [9.17, 15) is 23.3 Å². The molecule has 11 heteroatoms. The van der Waals surface area contributed by atoms with Crippen LogP contribution in [0, 0.1) is 10.1 Å². The summed E-state index contributed by atoms with van der Waals surface area (Å²) in [5.74, 6) is 0.767. The molecule has 0 aliphatic carbocycles. The molecule has 0 bridgehead atoms. The summed E-state index contributed by atoms with van der Waals surface area (Å²) >= 11 is 6.19. The molecule has 0 saturated heterocycles. The van der Waals surface area contributed by atoms with E-state index in [0.29, 0.717) is 36.3 Å². The van der Waals surface area contributed by atoms with Gasteiger partial charge in [-0.05, 0) is 43.7 Å². The molecule has 0 aliphatic heterocycles. The Kier molecular flexibility index (Phi) is 7.27. The van der Waals surface area contributed by atoms with Crippen molar-refractivity contribution >= 4 is 29.2 Å². The molecule has 2 aromatic rings. The Morgan fingerprint density at radius 1 is 1.21 bits per heavy atom. The number of ether oxygens (including phenoxy) is 2. The van der Waals surface area contributed by atoms with Crippen molar-refractivity contribution in [3.63, 3.8) is 0 Å². The molecule has 0 amide bonds. The molecule has 29 heavy (non-hydrogen) atoms. The minimum atomic E-state index is -4.69. The fourth-order valence-electron chi connectivity index (χ4n) is 2.34. The van der Waals surface area contributed by atoms with Gasteiger partial charge in [0.25, 0.3) is 5.69 Å². The fourth-order valence-corrected chi connectivity index (χ4v) is 2.61. The van der Waals surface area contributed by atoms with Gasteiger partial charge in [-0.1, -0.05) is 11.6 Å². The van der Waals surface area contributed by atoms with Crippen LogP contribution in [0.2, 0.25) is 5.02 Å². The number of rotatable bonds is 8. The van der Waals surface area contributed by atoms with Crippen molar-refractivity contribution in [2.24, 2.45) is 5.10 Å². The van der Waals surface area contributed by atoms with Crippen LogP contribution in [0.5, 0.6) is 11.5 Å². The summed E-state index contributed by atoms with van der Waals surface area (Å²) in [7, 11) is 0. The van der Waals surface area contributed by atoms with Crippen molar-refractivity contribution in [3.8, 4) is 11.5 Å². The maximum atomic E-state index is 12.8. The van der Waals surface area contributed by atoms with Crippen LogP contribution in [0.15, 0.2) is 35.4 Å². The maximum Gasteiger partial charge on any atom is 0.416 e. The number of nitro groups is 1. The van der Waals surface area contributed by atoms with E-state index < -0.39 is 22.4 Å².